The molecule has 2 aliphatic rings. The van der Waals surface area contributed by atoms with E-state index in [1.165, 1.54) is 0 Å². The van der Waals surface area contributed by atoms with Gasteiger partial charge in [0.15, 0.2) is 5.78 Å². The van der Waals surface area contributed by atoms with E-state index < -0.39 is 5.92 Å². The van der Waals surface area contributed by atoms with Crippen LogP contribution in [0.25, 0.3) is 0 Å². The first-order valence-electron chi connectivity index (χ1n) is 9.79. The van der Waals surface area contributed by atoms with Crippen LogP contribution in [-0.2, 0) is 14.3 Å². The molecule has 0 bridgehead atoms. The average Bonchev–Trinajstić information content (AvgIpc) is 2.58. The van der Waals surface area contributed by atoms with Gasteiger partial charge in [-0.2, -0.15) is 0 Å². The smallest absolute Gasteiger partial charge is 0.315 e. The van der Waals surface area contributed by atoms with E-state index in [0.29, 0.717) is 17.7 Å². The number of rotatable bonds is 4. The Bertz CT molecular complexity index is 846. The maximum absolute atomic E-state index is 13.1. The number of nitrogens with zero attached hydrogens (tertiary/aromatic N) is 1. The van der Waals surface area contributed by atoms with E-state index in [4.69, 9.17) is 14.5 Å². The van der Waals surface area contributed by atoms with Crippen molar-refractivity contribution in [3.63, 3.8) is 0 Å². The number of carbonyl (C=O) groups excluding carboxylic acids is 2. The third-order valence-electron chi connectivity index (χ3n) is 5.38. The fourth-order valence-electron chi connectivity index (χ4n) is 4.23. The predicted octanol–water partition coefficient (Wildman–Crippen LogP) is 4.46. The number of aliphatic imine (C=N–C) groups is 1. The molecular formula is C23H29NO4. The zero-order valence-electron chi connectivity index (χ0n) is 17.5. The van der Waals surface area contributed by atoms with Gasteiger partial charge in [-0.25, -0.2) is 0 Å². The Morgan fingerprint density at radius 3 is 2.39 bits per heavy atom. The Morgan fingerprint density at radius 2 is 1.82 bits per heavy atom. The van der Waals surface area contributed by atoms with Gasteiger partial charge in [-0.05, 0) is 50.3 Å². The summed E-state index contributed by atoms with van der Waals surface area (Å²) in [6.45, 7) is 9.68. The highest BCUT2D eigenvalue weighted by molar-refractivity contribution is 6.09. The highest BCUT2D eigenvalue weighted by atomic mass is 16.5. The van der Waals surface area contributed by atoms with Crippen molar-refractivity contribution in [2.75, 3.05) is 7.11 Å². The number of esters is 1. The van der Waals surface area contributed by atoms with Crippen molar-refractivity contribution in [3.8, 4) is 5.75 Å². The Labute approximate surface area is 166 Å². The van der Waals surface area contributed by atoms with Crippen molar-refractivity contribution in [1.29, 1.82) is 0 Å². The van der Waals surface area contributed by atoms with Crippen LogP contribution in [0.2, 0.25) is 0 Å². The van der Waals surface area contributed by atoms with E-state index in [1.807, 2.05) is 45.0 Å². The average molecular weight is 383 g/mol. The number of Topliss-reactive ketones (excluding diaryl/α,β-unsaturated/α-hetero) is 1. The van der Waals surface area contributed by atoms with Crippen LogP contribution in [0, 0.1) is 11.3 Å². The lowest BCUT2D eigenvalue weighted by atomic mass is 9.67. The highest BCUT2D eigenvalue weighted by Crippen LogP contribution is 2.48. The molecule has 0 aromatic heterocycles. The molecule has 5 nitrogen and oxygen atoms in total. The third-order valence-corrected chi connectivity index (χ3v) is 5.38. The molecule has 1 aliphatic carbocycles. The Morgan fingerprint density at radius 1 is 1.18 bits per heavy atom. The lowest BCUT2D eigenvalue weighted by Crippen LogP contribution is -2.40. The van der Waals surface area contributed by atoms with Crippen molar-refractivity contribution in [3.05, 3.63) is 41.1 Å². The first-order valence-corrected chi connectivity index (χ1v) is 9.79. The summed E-state index contributed by atoms with van der Waals surface area (Å²) in [5.41, 5.74) is 2.96. The van der Waals surface area contributed by atoms with Gasteiger partial charge in [-0.15, -0.1) is 0 Å². The largest absolute Gasteiger partial charge is 0.497 e. The molecule has 1 aliphatic heterocycles. The second-order valence-electron chi connectivity index (χ2n) is 8.77. The molecule has 0 N–H and O–H groups in total. The summed E-state index contributed by atoms with van der Waals surface area (Å²) in [6.07, 6.45) is 0.955. The van der Waals surface area contributed by atoms with Crippen molar-refractivity contribution in [1.82, 2.24) is 0 Å². The summed E-state index contributed by atoms with van der Waals surface area (Å²) in [6, 6.07) is 7.57. The van der Waals surface area contributed by atoms with Gasteiger partial charge < -0.3 is 9.47 Å². The van der Waals surface area contributed by atoms with Crippen LogP contribution in [0.3, 0.4) is 0 Å². The standard InChI is InChI=1S/C23H29NO4/c1-13(2)28-22(26)19-14(3)24-17-11-23(4,5)12-18(25)21(17)20(19)15-7-9-16(27-6)10-8-15/h7-10,13,19-20H,11-12H2,1-6H3/t19?,20-/m1/s1. The monoisotopic (exact) mass is 383 g/mol. The van der Waals surface area contributed by atoms with Crippen LogP contribution in [-0.4, -0.2) is 30.7 Å². The maximum Gasteiger partial charge on any atom is 0.315 e. The van der Waals surface area contributed by atoms with Crippen LogP contribution in [0.15, 0.2) is 40.5 Å². The molecule has 1 unspecified atom stereocenters. The summed E-state index contributed by atoms with van der Waals surface area (Å²) in [5, 5.41) is 0. The van der Waals surface area contributed by atoms with E-state index in [-0.39, 0.29) is 29.2 Å². The molecule has 2 atom stereocenters. The van der Waals surface area contributed by atoms with Gasteiger partial charge in [0.25, 0.3) is 0 Å². The van der Waals surface area contributed by atoms with E-state index in [2.05, 4.69) is 13.8 Å². The third kappa shape index (κ3) is 3.89. The van der Waals surface area contributed by atoms with Crippen molar-refractivity contribution >= 4 is 17.5 Å². The van der Waals surface area contributed by atoms with Gasteiger partial charge in [-0.1, -0.05) is 26.0 Å². The van der Waals surface area contributed by atoms with E-state index >= 15 is 0 Å². The molecule has 1 aromatic rings. The van der Waals surface area contributed by atoms with Gasteiger partial charge >= 0.3 is 5.97 Å². The number of hydrogen-bond acceptors (Lipinski definition) is 5. The molecule has 5 heteroatoms. The molecule has 0 fully saturated rings. The molecule has 0 amide bonds. The zero-order chi connectivity index (χ0) is 20.6. The number of methoxy groups -OCH3 is 1. The number of hydrogen-bond donors (Lipinski definition) is 0. The minimum atomic E-state index is -0.597. The highest BCUT2D eigenvalue weighted by Gasteiger charge is 2.46. The van der Waals surface area contributed by atoms with Gasteiger partial charge in [0.2, 0.25) is 0 Å². The van der Waals surface area contributed by atoms with E-state index in [0.717, 1.165) is 23.4 Å². The number of allylic oxidation sites excluding steroid dienone is 2. The lowest BCUT2D eigenvalue weighted by Gasteiger charge is -2.39. The molecule has 0 radical (unpaired) electrons. The fourth-order valence-corrected chi connectivity index (χ4v) is 4.23. The zero-order valence-corrected chi connectivity index (χ0v) is 17.5. The second-order valence-corrected chi connectivity index (χ2v) is 8.77. The fraction of sp³-hybridized carbons (Fsp3) is 0.522. The van der Waals surface area contributed by atoms with Crippen molar-refractivity contribution in [2.24, 2.45) is 16.3 Å². The summed E-state index contributed by atoms with van der Waals surface area (Å²) in [5.74, 6) is -0.503. The van der Waals surface area contributed by atoms with E-state index in [9.17, 15) is 9.59 Å². The Balaban J connectivity index is 2.13. The second kappa shape index (κ2) is 7.53. The summed E-state index contributed by atoms with van der Waals surface area (Å²) in [7, 11) is 1.61. The first kappa shape index (κ1) is 20.3. The first-order chi connectivity index (χ1) is 13.1. The minimum absolute atomic E-state index is 0.0747. The van der Waals surface area contributed by atoms with Gasteiger partial charge in [0, 0.05) is 29.3 Å². The SMILES string of the molecule is COc1ccc([C@H]2C3=C(CC(C)(C)CC3=O)N=C(C)C2C(=O)OC(C)C)cc1. The quantitative estimate of drug-likeness (QED) is 0.720. The Kier molecular flexibility index (Phi) is 5.46. The molecule has 1 heterocycles. The predicted molar refractivity (Wildman–Crippen MR) is 109 cm³/mol. The number of benzene rings is 1. The van der Waals surface area contributed by atoms with Crippen molar-refractivity contribution in [2.45, 2.75) is 59.5 Å². The molecule has 0 saturated carbocycles. The molecule has 0 spiro atoms. The topological polar surface area (TPSA) is 65.0 Å². The number of ketones is 1. The maximum atomic E-state index is 13.1. The molecule has 28 heavy (non-hydrogen) atoms. The molecule has 1 aromatic carbocycles. The lowest BCUT2D eigenvalue weighted by molar-refractivity contribution is -0.150. The van der Waals surface area contributed by atoms with Gasteiger partial charge in [0.05, 0.1) is 13.2 Å². The summed E-state index contributed by atoms with van der Waals surface area (Å²) >= 11 is 0. The van der Waals surface area contributed by atoms with E-state index in [1.54, 1.807) is 7.11 Å². The van der Waals surface area contributed by atoms with Crippen LogP contribution in [0.4, 0.5) is 0 Å². The molecule has 150 valence electrons. The Hall–Kier alpha value is -2.43. The van der Waals surface area contributed by atoms with Crippen LogP contribution in [0.5, 0.6) is 5.75 Å². The van der Waals surface area contributed by atoms with Gasteiger partial charge in [0.1, 0.15) is 11.7 Å². The molecule has 0 saturated heterocycles. The van der Waals surface area contributed by atoms with Crippen LogP contribution >= 0.6 is 0 Å². The molecular weight excluding hydrogens is 354 g/mol. The normalized spacial score (nSPS) is 24.0. The number of ether oxygens (including phenoxy) is 2. The number of carbonyl (C=O) groups is 2. The summed E-state index contributed by atoms with van der Waals surface area (Å²) < 4.78 is 10.8. The van der Waals surface area contributed by atoms with Crippen molar-refractivity contribution < 1.29 is 19.1 Å². The van der Waals surface area contributed by atoms with Crippen LogP contribution in [0.1, 0.15) is 58.9 Å². The summed E-state index contributed by atoms with van der Waals surface area (Å²) in [4.78, 5) is 30.8. The van der Waals surface area contributed by atoms with Crippen LogP contribution < -0.4 is 4.74 Å². The minimum Gasteiger partial charge on any atom is -0.497 e. The molecule has 3 rings (SSSR count). The van der Waals surface area contributed by atoms with Gasteiger partial charge in [-0.3, -0.25) is 14.6 Å².